The van der Waals surface area contributed by atoms with E-state index < -0.39 is 29.3 Å². The number of benzene rings is 1. The molecule has 0 N–H and O–H groups in total. The van der Waals surface area contributed by atoms with Crippen molar-refractivity contribution in [2.75, 3.05) is 6.61 Å². The summed E-state index contributed by atoms with van der Waals surface area (Å²) < 4.78 is 57.5. The standard InChI is InChI=1S/C21H32N2O5S2/c1-5-6-14-28-18-13-12-16(21(2,3)4)15-19(18)30(26,27)20(23-22)29(24,25)17-10-8-7-9-11-17/h12-13,15,17H,5-11,14H2,1-4H3. The molecule has 7 nitrogen and oxygen atoms in total. The van der Waals surface area contributed by atoms with E-state index in [1.165, 1.54) is 6.07 Å². The van der Waals surface area contributed by atoms with E-state index in [4.69, 9.17) is 4.74 Å². The summed E-state index contributed by atoms with van der Waals surface area (Å²) in [7, 11) is -8.94. The molecule has 1 aromatic carbocycles. The van der Waals surface area contributed by atoms with Gasteiger partial charge in [-0.3, -0.25) is 0 Å². The van der Waals surface area contributed by atoms with Crippen LogP contribution in [0.1, 0.15) is 78.2 Å². The van der Waals surface area contributed by atoms with Crippen molar-refractivity contribution >= 4 is 24.1 Å². The summed E-state index contributed by atoms with van der Waals surface area (Å²) in [6.07, 6.45) is 4.62. The molecule has 0 aliphatic heterocycles. The largest absolute Gasteiger partial charge is 0.500 e. The van der Waals surface area contributed by atoms with Crippen LogP contribution in [0.4, 0.5) is 0 Å². The van der Waals surface area contributed by atoms with Gasteiger partial charge in [-0.1, -0.05) is 59.4 Å². The van der Waals surface area contributed by atoms with Crippen molar-refractivity contribution in [1.29, 1.82) is 0 Å². The normalized spacial score (nSPS) is 16.1. The fraction of sp³-hybridized carbons (Fsp3) is 0.667. The molecular formula is C21H32N2O5S2. The van der Waals surface area contributed by atoms with E-state index in [2.05, 4.69) is 4.79 Å². The maximum absolute atomic E-state index is 13.4. The van der Waals surface area contributed by atoms with Gasteiger partial charge in [-0.2, -0.15) is 0 Å². The second-order valence-corrected chi connectivity index (χ2v) is 13.0. The SMILES string of the molecule is CCCCOc1ccc(C(C)(C)C)cc1S(=O)(=O)C(=[N+]=[N-])S(=O)(=O)C1CCCCC1. The highest BCUT2D eigenvalue weighted by atomic mass is 32.3. The van der Waals surface area contributed by atoms with Crippen LogP contribution in [-0.2, 0) is 25.1 Å². The van der Waals surface area contributed by atoms with Gasteiger partial charge < -0.3 is 10.3 Å². The number of nitrogens with zero attached hydrogens (tertiary/aromatic N) is 2. The van der Waals surface area contributed by atoms with Gasteiger partial charge in [0.1, 0.15) is 10.6 Å². The molecule has 0 heterocycles. The lowest BCUT2D eigenvalue weighted by Crippen LogP contribution is -2.36. The van der Waals surface area contributed by atoms with Crippen LogP contribution in [0.3, 0.4) is 0 Å². The average Bonchev–Trinajstić information content (AvgIpc) is 2.68. The van der Waals surface area contributed by atoms with Gasteiger partial charge in [0, 0.05) is 0 Å². The van der Waals surface area contributed by atoms with Gasteiger partial charge in [-0.25, -0.2) is 16.8 Å². The Morgan fingerprint density at radius 2 is 1.77 bits per heavy atom. The van der Waals surface area contributed by atoms with Crippen LogP contribution in [-0.4, -0.2) is 37.9 Å². The van der Waals surface area contributed by atoms with Crippen molar-refractivity contribution in [1.82, 2.24) is 0 Å². The average molecular weight is 457 g/mol. The van der Waals surface area contributed by atoms with Crippen LogP contribution in [0.15, 0.2) is 23.1 Å². The first-order valence-electron chi connectivity index (χ1n) is 10.4. The second-order valence-electron chi connectivity index (χ2n) is 8.79. The number of sulfone groups is 2. The van der Waals surface area contributed by atoms with Gasteiger partial charge >= 0.3 is 4.38 Å². The molecule has 1 aliphatic rings. The molecule has 0 amide bonds. The summed E-state index contributed by atoms with van der Waals surface area (Å²) in [5.74, 6) is 0.0662. The van der Waals surface area contributed by atoms with E-state index in [1.807, 2.05) is 27.7 Å². The van der Waals surface area contributed by atoms with Crippen LogP contribution in [0.5, 0.6) is 5.75 Å². The lowest BCUT2D eigenvalue weighted by atomic mass is 9.87. The van der Waals surface area contributed by atoms with Gasteiger partial charge in [0.2, 0.25) is 0 Å². The Kier molecular flexibility index (Phi) is 7.88. The molecule has 0 unspecified atom stereocenters. The first-order chi connectivity index (χ1) is 14.0. The minimum atomic E-state index is -4.62. The Morgan fingerprint density at radius 3 is 2.30 bits per heavy atom. The maximum atomic E-state index is 13.4. The molecule has 0 bridgehead atoms. The van der Waals surface area contributed by atoms with Crippen molar-refractivity contribution in [2.24, 2.45) is 0 Å². The highest BCUT2D eigenvalue weighted by Gasteiger charge is 2.48. The first-order valence-corrected chi connectivity index (χ1v) is 13.5. The van der Waals surface area contributed by atoms with Crippen LogP contribution in [0.25, 0.3) is 5.53 Å². The monoisotopic (exact) mass is 456 g/mol. The molecule has 0 atom stereocenters. The van der Waals surface area contributed by atoms with Crippen molar-refractivity contribution in [3.63, 3.8) is 0 Å². The molecule has 1 saturated carbocycles. The molecule has 168 valence electrons. The highest BCUT2D eigenvalue weighted by molar-refractivity contribution is 8.31. The first kappa shape index (κ1) is 24.6. The third-order valence-corrected chi connectivity index (χ3v) is 10.1. The second kappa shape index (κ2) is 9.62. The number of hydrogen-bond donors (Lipinski definition) is 0. The van der Waals surface area contributed by atoms with E-state index in [-0.39, 0.29) is 16.1 Å². The smallest absolute Gasteiger partial charge is 0.492 e. The Bertz CT molecular complexity index is 1010. The summed E-state index contributed by atoms with van der Waals surface area (Å²) in [5, 5.41) is -0.859. The molecule has 0 spiro atoms. The number of unbranched alkanes of at least 4 members (excludes halogenated alkanes) is 1. The summed E-state index contributed by atoms with van der Waals surface area (Å²) in [6, 6.07) is 4.75. The molecule has 1 aliphatic carbocycles. The molecule has 9 heteroatoms. The number of ether oxygens (including phenoxy) is 1. The Hall–Kier alpha value is -1.70. The third kappa shape index (κ3) is 5.31. The van der Waals surface area contributed by atoms with Gasteiger partial charge in [-0.05, 0) is 42.4 Å². The third-order valence-electron chi connectivity index (χ3n) is 5.40. The van der Waals surface area contributed by atoms with Crippen molar-refractivity contribution < 1.29 is 26.4 Å². The topological polar surface area (TPSA) is 114 Å². The molecule has 1 fully saturated rings. The zero-order valence-electron chi connectivity index (χ0n) is 18.2. The lowest BCUT2D eigenvalue weighted by molar-refractivity contribution is 0.00368. The fourth-order valence-electron chi connectivity index (χ4n) is 3.51. The molecule has 30 heavy (non-hydrogen) atoms. The quantitative estimate of drug-likeness (QED) is 0.208. The maximum Gasteiger partial charge on any atom is 0.500 e. The Balaban J connectivity index is 2.60. The number of hydrogen-bond acceptors (Lipinski definition) is 5. The summed E-state index contributed by atoms with van der Waals surface area (Å²) in [5.41, 5.74) is 9.85. The van der Waals surface area contributed by atoms with E-state index in [0.717, 1.165) is 19.3 Å². The molecule has 1 aromatic rings. The van der Waals surface area contributed by atoms with E-state index in [0.29, 0.717) is 37.9 Å². The van der Waals surface area contributed by atoms with Crippen LogP contribution >= 0.6 is 0 Å². The predicted molar refractivity (Wildman–Crippen MR) is 117 cm³/mol. The zero-order valence-corrected chi connectivity index (χ0v) is 19.9. The molecule has 0 radical (unpaired) electrons. The van der Waals surface area contributed by atoms with E-state index >= 15 is 0 Å². The lowest BCUT2D eigenvalue weighted by Gasteiger charge is -2.22. The van der Waals surface area contributed by atoms with Gasteiger partial charge in [0.25, 0.3) is 19.7 Å². The molecule has 2 rings (SSSR count). The minimum Gasteiger partial charge on any atom is -0.492 e. The van der Waals surface area contributed by atoms with Crippen molar-refractivity contribution in [2.45, 2.75) is 88.2 Å². The van der Waals surface area contributed by atoms with Gasteiger partial charge in [0.05, 0.1) is 11.9 Å². The van der Waals surface area contributed by atoms with Crippen LogP contribution < -0.4 is 4.74 Å². The molecule has 0 aromatic heterocycles. The van der Waals surface area contributed by atoms with Gasteiger partial charge in [0.15, 0.2) is 0 Å². The van der Waals surface area contributed by atoms with Crippen LogP contribution in [0, 0.1) is 0 Å². The Morgan fingerprint density at radius 1 is 1.13 bits per heavy atom. The number of rotatable bonds is 6. The zero-order chi connectivity index (χ0) is 22.6. The summed E-state index contributed by atoms with van der Waals surface area (Å²) in [4.78, 5) is 2.52. The minimum absolute atomic E-state index is 0.0662. The highest BCUT2D eigenvalue weighted by Crippen LogP contribution is 2.34. The summed E-state index contributed by atoms with van der Waals surface area (Å²) in [6.45, 7) is 8.06. The van der Waals surface area contributed by atoms with Crippen molar-refractivity contribution in [3.05, 3.63) is 29.3 Å². The van der Waals surface area contributed by atoms with Crippen molar-refractivity contribution in [3.8, 4) is 5.75 Å². The summed E-state index contributed by atoms with van der Waals surface area (Å²) >= 11 is 0. The van der Waals surface area contributed by atoms with Crippen LogP contribution in [0.2, 0.25) is 0 Å². The van der Waals surface area contributed by atoms with E-state index in [1.54, 1.807) is 12.1 Å². The Labute approximate surface area is 180 Å². The fourth-order valence-corrected chi connectivity index (χ4v) is 7.73. The molecule has 0 saturated heterocycles. The predicted octanol–water partition coefficient (Wildman–Crippen LogP) is 4.27. The van der Waals surface area contributed by atoms with E-state index in [9.17, 15) is 22.4 Å². The molecular weight excluding hydrogens is 424 g/mol. The van der Waals surface area contributed by atoms with Gasteiger partial charge in [-0.15, -0.1) is 4.79 Å².